The van der Waals surface area contributed by atoms with E-state index >= 15 is 0 Å². The first-order chi connectivity index (χ1) is 12.8. The second-order valence-corrected chi connectivity index (χ2v) is 5.85. The van der Waals surface area contributed by atoms with Gasteiger partial charge in [-0.25, -0.2) is 0 Å². The molecule has 0 saturated carbocycles. The van der Waals surface area contributed by atoms with E-state index in [9.17, 15) is 23.1 Å². The molecule has 0 fully saturated rings. The predicted molar refractivity (Wildman–Crippen MR) is 90.7 cm³/mol. The Balaban J connectivity index is 2.00. The fourth-order valence-electron chi connectivity index (χ4n) is 2.45. The van der Waals surface area contributed by atoms with E-state index in [0.717, 1.165) is 12.3 Å². The highest BCUT2D eigenvalue weighted by Crippen LogP contribution is 2.22. The average Bonchev–Trinajstić information content (AvgIpc) is 2.62. The normalized spacial score (nSPS) is 12.5. The molecule has 9 heteroatoms. The number of pyridine rings is 2. The maximum Gasteiger partial charge on any atom is 0.573 e. The van der Waals surface area contributed by atoms with E-state index in [2.05, 4.69) is 14.7 Å². The summed E-state index contributed by atoms with van der Waals surface area (Å²) < 4.78 is 40.2. The van der Waals surface area contributed by atoms with Crippen LogP contribution < -0.4 is 4.74 Å². The molecule has 0 aliphatic heterocycles. The van der Waals surface area contributed by atoms with Crippen molar-refractivity contribution in [1.29, 1.82) is 0 Å². The van der Waals surface area contributed by atoms with Crippen molar-refractivity contribution in [3.63, 3.8) is 0 Å². The summed E-state index contributed by atoms with van der Waals surface area (Å²) >= 11 is 0. The summed E-state index contributed by atoms with van der Waals surface area (Å²) in [4.78, 5) is 21.8. The van der Waals surface area contributed by atoms with Crippen molar-refractivity contribution in [1.82, 2.24) is 14.9 Å². The maximum absolute atomic E-state index is 12.5. The molecule has 2 aromatic heterocycles. The van der Waals surface area contributed by atoms with Gasteiger partial charge in [0.05, 0.1) is 25.3 Å². The Morgan fingerprint density at radius 3 is 2.63 bits per heavy atom. The third kappa shape index (κ3) is 6.86. The number of hydrogen-bond acceptors (Lipinski definition) is 5. The lowest BCUT2D eigenvalue weighted by molar-refractivity contribution is -0.274. The van der Waals surface area contributed by atoms with Crippen LogP contribution in [0.2, 0.25) is 0 Å². The van der Waals surface area contributed by atoms with Crippen molar-refractivity contribution >= 4 is 5.91 Å². The van der Waals surface area contributed by atoms with E-state index in [4.69, 9.17) is 0 Å². The standard InChI is InChI=1S/C18H20F3N3O3/c1-2-8-24(12-16(25)13-4-3-7-22-10-13)17(26)9-14-5-6-15(11-23-14)27-18(19,20)21/h3-7,10-11,16,25H,2,8-9,12H2,1H3. The Morgan fingerprint density at radius 2 is 2.07 bits per heavy atom. The van der Waals surface area contributed by atoms with Crippen LogP contribution in [0.5, 0.6) is 5.75 Å². The molecule has 2 rings (SSSR count). The van der Waals surface area contributed by atoms with Crippen LogP contribution in [0.15, 0.2) is 42.9 Å². The van der Waals surface area contributed by atoms with Crippen molar-refractivity contribution < 1.29 is 27.8 Å². The van der Waals surface area contributed by atoms with E-state index in [-0.39, 0.29) is 18.9 Å². The molecule has 0 radical (unpaired) electrons. The fourth-order valence-corrected chi connectivity index (χ4v) is 2.45. The highest BCUT2D eigenvalue weighted by atomic mass is 19.4. The summed E-state index contributed by atoms with van der Waals surface area (Å²) in [6.45, 7) is 2.43. The minimum atomic E-state index is -4.79. The molecule has 0 aliphatic rings. The van der Waals surface area contributed by atoms with Gasteiger partial charge in [-0.3, -0.25) is 14.8 Å². The Bertz CT molecular complexity index is 724. The molecule has 0 aliphatic carbocycles. The minimum absolute atomic E-state index is 0.0909. The number of alkyl halides is 3. The molecule has 0 spiro atoms. The smallest absolute Gasteiger partial charge is 0.404 e. The lowest BCUT2D eigenvalue weighted by Gasteiger charge is -2.25. The third-order valence-corrected chi connectivity index (χ3v) is 3.67. The molecule has 2 heterocycles. The van der Waals surface area contributed by atoms with Crippen molar-refractivity contribution in [2.45, 2.75) is 32.2 Å². The molecule has 2 aromatic rings. The fraction of sp³-hybridized carbons (Fsp3) is 0.389. The van der Waals surface area contributed by atoms with E-state index in [0.29, 0.717) is 24.2 Å². The minimum Gasteiger partial charge on any atom is -0.404 e. The number of amides is 1. The van der Waals surface area contributed by atoms with Gasteiger partial charge in [-0.1, -0.05) is 13.0 Å². The first-order valence-electron chi connectivity index (χ1n) is 8.35. The molecular weight excluding hydrogens is 363 g/mol. The number of aromatic nitrogens is 2. The molecule has 0 saturated heterocycles. The van der Waals surface area contributed by atoms with E-state index in [1.165, 1.54) is 17.2 Å². The largest absolute Gasteiger partial charge is 0.573 e. The first-order valence-corrected chi connectivity index (χ1v) is 8.35. The van der Waals surface area contributed by atoms with Gasteiger partial charge < -0.3 is 14.7 Å². The zero-order chi connectivity index (χ0) is 19.9. The highest BCUT2D eigenvalue weighted by molar-refractivity contribution is 5.78. The Morgan fingerprint density at radius 1 is 1.30 bits per heavy atom. The van der Waals surface area contributed by atoms with E-state index in [1.54, 1.807) is 18.3 Å². The van der Waals surface area contributed by atoms with Gasteiger partial charge in [0.15, 0.2) is 0 Å². The van der Waals surface area contributed by atoms with Crippen LogP contribution in [0, 0.1) is 0 Å². The SMILES string of the molecule is CCCN(CC(O)c1cccnc1)C(=O)Cc1ccc(OC(F)(F)F)cn1. The topological polar surface area (TPSA) is 75.5 Å². The molecule has 0 bridgehead atoms. The molecule has 27 heavy (non-hydrogen) atoms. The number of rotatable bonds is 8. The summed E-state index contributed by atoms with van der Waals surface area (Å²) in [7, 11) is 0. The average molecular weight is 383 g/mol. The molecule has 6 nitrogen and oxygen atoms in total. The Hall–Kier alpha value is -2.68. The van der Waals surface area contributed by atoms with Crippen LogP contribution in [0.25, 0.3) is 0 Å². The zero-order valence-electron chi connectivity index (χ0n) is 14.7. The summed E-state index contributed by atoms with van der Waals surface area (Å²) in [5.41, 5.74) is 0.907. The van der Waals surface area contributed by atoms with Crippen LogP contribution in [0.1, 0.15) is 30.7 Å². The van der Waals surface area contributed by atoms with Gasteiger partial charge in [-0.15, -0.1) is 13.2 Å². The third-order valence-electron chi connectivity index (χ3n) is 3.67. The molecule has 1 unspecified atom stereocenters. The summed E-state index contributed by atoms with van der Waals surface area (Å²) in [6.07, 6.45) is -1.04. The van der Waals surface area contributed by atoms with E-state index < -0.39 is 18.2 Å². The predicted octanol–water partition coefficient (Wildman–Crippen LogP) is 2.89. The summed E-state index contributed by atoms with van der Waals surface area (Å²) in [5.74, 6) is -0.729. The molecule has 1 N–H and O–H groups in total. The van der Waals surface area contributed by atoms with E-state index in [1.807, 2.05) is 6.92 Å². The molecule has 146 valence electrons. The van der Waals surface area contributed by atoms with Gasteiger partial charge in [-0.05, 0) is 24.6 Å². The number of ether oxygens (including phenoxy) is 1. The number of hydrogen-bond donors (Lipinski definition) is 1. The number of aliphatic hydroxyl groups excluding tert-OH is 1. The van der Waals surface area contributed by atoms with Crippen LogP contribution in [0.3, 0.4) is 0 Å². The number of carbonyl (C=O) groups is 1. The molecule has 1 amide bonds. The lowest BCUT2D eigenvalue weighted by Crippen LogP contribution is -2.36. The quantitative estimate of drug-likeness (QED) is 0.759. The number of carbonyl (C=O) groups excluding carboxylic acids is 1. The van der Waals surface area contributed by atoms with Crippen LogP contribution in [-0.2, 0) is 11.2 Å². The van der Waals surface area contributed by atoms with Crippen molar-refractivity contribution in [3.8, 4) is 5.75 Å². The van der Waals surface area contributed by atoms with Crippen LogP contribution >= 0.6 is 0 Å². The van der Waals surface area contributed by atoms with Gasteiger partial charge >= 0.3 is 6.36 Å². The Kier molecular flexibility index (Phi) is 7.12. The molecule has 1 atom stereocenters. The Labute approximate surface area is 154 Å². The van der Waals surface area contributed by atoms with Crippen molar-refractivity contribution in [3.05, 3.63) is 54.1 Å². The van der Waals surface area contributed by atoms with Crippen LogP contribution in [0.4, 0.5) is 13.2 Å². The summed E-state index contributed by atoms with van der Waals surface area (Å²) in [6, 6.07) is 5.82. The number of aliphatic hydroxyl groups is 1. The molecular formula is C18H20F3N3O3. The highest BCUT2D eigenvalue weighted by Gasteiger charge is 2.31. The monoisotopic (exact) mass is 383 g/mol. The number of halogens is 3. The molecule has 0 aromatic carbocycles. The van der Waals surface area contributed by atoms with Gasteiger partial charge in [-0.2, -0.15) is 0 Å². The summed E-state index contributed by atoms with van der Waals surface area (Å²) in [5, 5.41) is 10.3. The first kappa shape index (κ1) is 20.6. The van der Waals surface area contributed by atoms with Crippen LogP contribution in [-0.4, -0.2) is 45.3 Å². The second kappa shape index (κ2) is 9.31. The van der Waals surface area contributed by atoms with Gasteiger partial charge in [0.1, 0.15) is 5.75 Å². The lowest BCUT2D eigenvalue weighted by atomic mass is 10.1. The van der Waals surface area contributed by atoms with Gasteiger partial charge in [0.2, 0.25) is 5.91 Å². The van der Waals surface area contributed by atoms with Crippen molar-refractivity contribution in [2.75, 3.05) is 13.1 Å². The second-order valence-electron chi connectivity index (χ2n) is 5.85. The maximum atomic E-state index is 12.5. The number of nitrogens with zero attached hydrogens (tertiary/aromatic N) is 3. The zero-order valence-corrected chi connectivity index (χ0v) is 14.7. The van der Waals surface area contributed by atoms with Gasteiger partial charge in [0.25, 0.3) is 0 Å². The van der Waals surface area contributed by atoms with Gasteiger partial charge in [0, 0.05) is 30.2 Å². The van der Waals surface area contributed by atoms with Crippen molar-refractivity contribution in [2.24, 2.45) is 0 Å².